The summed E-state index contributed by atoms with van der Waals surface area (Å²) in [6.45, 7) is 0.319. The third-order valence-corrected chi connectivity index (χ3v) is 4.58. The van der Waals surface area contributed by atoms with Gasteiger partial charge < -0.3 is 9.67 Å². The van der Waals surface area contributed by atoms with Crippen LogP contribution in [0, 0.1) is 0 Å². The molecule has 1 aromatic heterocycles. The molecule has 6 nitrogen and oxygen atoms in total. The van der Waals surface area contributed by atoms with E-state index in [2.05, 4.69) is 0 Å². The van der Waals surface area contributed by atoms with E-state index in [4.69, 9.17) is 5.14 Å². The number of hydrogen-bond acceptors (Lipinski definition) is 3. The van der Waals surface area contributed by atoms with Crippen molar-refractivity contribution in [1.82, 2.24) is 4.57 Å². The zero-order chi connectivity index (χ0) is 16.6. The van der Waals surface area contributed by atoms with Crippen molar-refractivity contribution < 1.29 is 18.3 Å². The highest BCUT2D eigenvalue weighted by atomic mass is 32.2. The fourth-order valence-corrected chi connectivity index (χ4v) is 3.36. The average Bonchev–Trinajstić information content (AvgIpc) is 2.86. The van der Waals surface area contributed by atoms with Crippen molar-refractivity contribution in [3.8, 4) is 0 Å². The Kier molecular flexibility index (Phi) is 3.67. The molecule has 118 valence electrons. The molecule has 0 aliphatic heterocycles. The molecule has 0 unspecified atom stereocenters. The van der Waals surface area contributed by atoms with Crippen molar-refractivity contribution in [2.75, 3.05) is 0 Å². The van der Waals surface area contributed by atoms with Crippen molar-refractivity contribution in [3.05, 3.63) is 65.9 Å². The molecule has 3 N–H and O–H groups in total. The third kappa shape index (κ3) is 2.84. The van der Waals surface area contributed by atoms with Crippen LogP contribution in [-0.2, 0) is 16.6 Å². The molecule has 1 heterocycles. The predicted octanol–water partition coefficient (Wildman–Crippen LogP) is 2.04. The monoisotopic (exact) mass is 330 g/mol. The molecule has 7 heteroatoms. The summed E-state index contributed by atoms with van der Waals surface area (Å²) in [5, 5.41) is 15.0. The van der Waals surface area contributed by atoms with Gasteiger partial charge in [-0.15, -0.1) is 0 Å². The number of rotatable bonds is 4. The smallest absolute Gasteiger partial charge is 0.352 e. The summed E-state index contributed by atoms with van der Waals surface area (Å²) < 4.78 is 25.0. The van der Waals surface area contributed by atoms with E-state index in [1.807, 2.05) is 30.3 Å². The van der Waals surface area contributed by atoms with E-state index in [9.17, 15) is 18.3 Å². The van der Waals surface area contributed by atoms with Gasteiger partial charge in [0.05, 0.1) is 10.4 Å². The Hall–Kier alpha value is -2.64. The van der Waals surface area contributed by atoms with Crippen LogP contribution in [0.5, 0.6) is 0 Å². The molecule has 0 saturated heterocycles. The summed E-state index contributed by atoms with van der Waals surface area (Å²) in [6.07, 6.45) is 0. The lowest BCUT2D eigenvalue weighted by molar-refractivity contribution is 0.0686. The number of aromatic carboxylic acids is 1. The molecule has 0 aliphatic rings. The SMILES string of the molecule is NS(=O)(=O)c1cccc2c1cc(C(=O)O)n2Cc1ccccc1. The molecule has 23 heavy (non-hydrogen) atoms. The van der Waals surface area contributed by atoms with Crippen LogP contribution >= 0.6 is 0 Å². The lowest BCUT2D eigenvalue weighted by Gasteiger charge is -2.09. The van der Waals surface area contributed by atoms with Crippen LogP contribution in [0.3, 0.4) is 0 Å². The number of carboxylic acid groups (broad SMARTS) is 1. The molecular weight excluding hydrogens is 316 g/mol. The van der Waals surface area contributed by atoms with Crippen molar-refractivity contribution in [2.24, 2.45) is 5.14 Å². The number of nitrogens with zero attached hydrogens (tertiary/aromatic N) is 1. The van der Waals surface area contributed by atoms with Crippen LogP contribution < -0.4 is 5.14 Å². The number of hydrogen-bond donors (Lipinski definition) is 2. The van der Waals surface area contributed by atoms with Gasteiger partial charge in [-0.2, -0.15) is 0 Å². The van der Waals surface area contributed by atoms with E-state index < -0.39 is 16.0 Å². The Morgan fingerprint density at radius 1 is 1.09 bits per heavy atom. The van der Waals surface area contributed by atoms with E-state index in [0.717, 1.165) is 5.56 Å². The van der Waals surface area contributed by atoms with Gasteiger partial charge in [0.25, 0.3) is 0 Å². The first-order chi connectivity index (χ1) is 10.9. The largest absolute Gasteiger partial charge is 0.477 e. The molecule has 0 amide bonds. The summed E-state index contributed by atoms with van der Waals surface area (Å²) >= 11 is 0. The highest BCUT2D eigenvalue weighted by Crippen LogP contribution is 2.27. The van der Waals surface area contributed by atoms with Gasteiger partial charge in [-0.05, 0) is 23.8 Å². The summed E-state index contributed by atoms with van der Waals surface area (Å²) in [4.78, 5) is 11.5. The Morgan fingerprint density at radius 3 is 2.39 bits per heavy atom. The molecule has 3 rings (SSSR count). The van der Waals surface area contributed by atoms with Crippen molar-refractivity contribution in [1.29, 1.82) is 0 Å². The second-order valence-corrected chi connectivity index (χ2v) is 6.67. The van der Waals surface area contributed by atoms with Gasteiger partial charge in [-0.3, -0.25) is 0 Å². The van der Waals surface area contributed by atoms with Crippen LogP contribution in [0.15, 0.2) is 59.5 Å². The molecule has 0 fully saturated rings. The summed E-state index contributed by atoms with van der Waals surface area (Å²) in [7, 11) is -3.94. The number of carbonyl (C=O) groups is 1. The third-order valence-electron chi connectivity index (χ3n) is 3.61. The van der Waals surface area contributed by atoms with Gasteiger partial charge in [-0.25, -0.2) is 18.4 Å². The molecule has 0 aliphatic carbocycles. The highest BCUT2D eigenvalue weighted by molar-refractivity contribution is 7.89. The van der Waals surface area contributed by atoms with Gasteiger partial charge in [-0.1, -0.05) is 36.4 Å². The predicted molar refractivity (Wildman–Crippen MR) is 85.8 cm³/mol. The first kappa shape index (κ1) is 15.3. The van der Waals surface area contributed by atoms with Crippen LogP contribution in [0.2, 0.25) is 0 Å². The number of carboxylic acids is 1. The molecule has 0 saturated carbocycles. The van der Waals surface area contributed by atoms with E-state index in [1.54, 1.807) is 16.7 Å². The van der Waals surface area contributed by atoms with E-state index in [-0.39, 0.29) is 10.6 Å². The Bertz CT molecular complexity index is 992. The summed E-state index contributed by atoms with van der Waals surface area (Å²) in [5.41, 5.74) is 1.44. The van der Waals surface area contributed by atoms with Crippen molar-refractivity contribution in [3.63, 3.8) is 0 Å². The molecule has 2 aromatic carbocycles. The average molecular weight is 330 g/mol. The van der Waals surface area contributed by atoms with E-state index in [1.165, 1.54) is 12.1 Å². The maximum Gasteiger partial charge on any atom is 0.352 e. The lowest BCUT2D eigenvalue weighted by Crippen LogP contribution is -2.12. The molecule has 0 atom stereocenters. The minimum absolute atomic E-state index is 0.0138. The zero-order valence-electron chi connectivity index (χ0n) is 12.0. The zero-order valence-corrected chi connectivity index (χ0v) is 12.8. The first-order valence-corrected chi connectivity index (χ1v) is 8.35. The molecule has 3 aromatic rings. The standard InChI is InChI=1S/C16H14N2O4S/c17-23(21,22)15-8-4-7-13-12(15)9-14(16(19)20)18(13)10-11-5-2-1-3-6-11/h1-9H,10H2,(H,19,20)(H2,17,21,22). The minimum atomic E-state index is -3.94. The molecular formula is C16H14N2O4S. The maximum atomic E-state index is 11.7. The second kappa shape index (κ2) is 5.53. The number of nitrogens with two attached hydrogens (primary N) is 1. The van der Waals surface area contributed by atoms with Crippen LogP contribution in [-0.4, -0.2) is 24.1 Å². The number of sulfonamides is 1. The van der Waals surface area contributed by atoms with E-state index >= 15 is 0 Å². The molecule has 0 bridgehead atoms. The first-order valence-electron chi connectivity index (χ1n) is 6.80. The van der Waals surface area contributed by atoms with Gasteiger partial charge in [0.2, 0.25) is 10.0 Å². The van der Waals surface area contributed by atoms with Crippen molar-refractivity contribution >= 4 is 26.9 Å². The summed E-state index contributed by atoms with van der Waals surface area (Å²) in [6, 6.07) is 15.3. The van der Waals surface area contributed by atoms with Gasteiger partial charge in [0.15, 0.2) is 0 Å². The normalized spacial score (nSPS) is 11.7. The Labute approximate surface area is 132 Å². The van der Waals surface area contributed by atoms with Crippen molar-refractivity contribution in [2.45, 2.75) is 11.4 Å². The topological polar surface area (TPSA) is 102 Å². The highest BCUT2D eigenvalue weighted by Gasteiger charge is 2.20. The van der Waals surface area contributed by atoms with Gasteiger partial charge in [0.1, 0.15) is 5.69 Å². The number of primary sulfonamides is 1. The van der Waals surface area contributed by atoms with Crippen LogP contribution in [0.25, 0.3) is 10.9 Å². The molecule has 0 radical (unpaired) electrons. The maximum absolute atomic E-state index is 11.7. The second-order valence-electron chi connectivity index (χ2n) is 5.14. The quantitative estimate of drug-likeness (QED) is 0.764. The number of benzene rings is 2. The van der Waals surface area contributed by atoms with Gasteiger partial charge in [0, 0.05) is 11.9 Å². The molecule has 0 spiro atoms. The fourth-order valence-electron chi connectivity index (χ4n) is 2.62. The number of fused-ring (bicyclic) bond motifs is 1. The fraction of sp³-hybridized carbons (Fsp3) is 0.0625. The van der Waals surface area contributed by atoms with Gasteiger partial charge >= 0.3 is 5.97 Å². The Balaban J connectivity index is 2.28. The van der Waals surface area contributed by atoms with Crippen LogP contribution in [0.1, 0.15) is 16.1 Å². The number of aromatic nitrogens is 1. The van der Waals surface area contributed by atoms with Crippen LogP contribution in [0.4, 0.5) is 0 Å². The lowest BCUT2D eigenvalue weighted by atomic mass is 10.2. The minimum Gasteiger partial charge on any atom is -0.477 e. The van der Waals surface area contributed by atoms with E-state index in [0.29, 0.717) is 17.4 Å². The Morgan fingerprint density at radius 2 is 1.78 bits per heavy atom. The summed E-state index contributed by atoms with van der Waals surface area (Å²) in [5.74, 6) is -1.13.